The second kappa shape index (κ2) is 4.49. The van der Waals surface area contributed by atoms with E-state index in [1.807, 2.05) is 0 Å². The molecule has 0 saturated heterocycles. The number of hydrogen-bond donors (Lipinski definition) is 3. The number of nitrogen functional groups attached to an aromatic ring is 1. The van der Waals surface area contributed by atoms with Gasteiger partial charge in [-0.15, -0.1) is 12.4 Å². The van der Waals surface area contributed by atoms with Gasteiger partial charge in [0.1, 0.15) is 11.7 Å². The van der Waals surface area contributed by atoms with E-state index in [-0.39, 0.29) is 23.8 Å². The van der Waals surface area contributed by atoms with E-state index >= 15 is 0 Å². The van der Waals surface area contributed by atoms with Crippen molar-refractivity contribution in [2.45, 2.75) is 18.9 Å². The van der Waals surface area contributed by atoms with E-state index in [0.717, 1.165) is 12.8 Å². The number of benzene rings is 1. The van der Waals surface area contributed by atoms with Gasteiger partial charge in [0, 0.05) is 11.7 Å². The molecule has 0 atom stereocenters. The zero-order valence-electron chi connectivity index (χ0n) is 8.09. The normalized spacial score (nSPS) is 14.2. The number of rotatable bonds is 3. The van der Waals surface area contributed by atoms with Gasteiger partial charge in [-0.05, 0) is 25.0 Å². The molecule has 0 aromatic heterocycles. The summed E-state index contributed by atoms with van der Waals surface area (Å²) in [5.74, 6) is -0.672. The van der Waals surface area contributed by atoms with Crippen molar-refractivity contribution in [3.05, 3.63) is 29.6 Å². The lowest BCUT2D eigenvalue weighted by molar-refractivity contribution is 0.625. The van der Waals surface area contributed by atoms with Gasteiger partial charge in [0.15, 0.2) is 0 Å². The van der Waals surface area contributed by atoms with Crippen LogP contribution in [0.25, 0.3) is 0 Å². The molecule has 0 amide bonds. The smallest absolute Gasteiger partial charge is 0.136 e. The molecule has 1 aliphatic carbocycles. The van der Waals surface area contributed by atoms with Gasteiger partial charge < -0.3 is 11.1 Å². The van der Waals surface area contributed by atoms with Gasteiger partial charge in [0.2, 0.25) is 0 Å². The van der Waals surface area contributed by atoms with Crippen LogP contribution in [0.5, 0.6) is 0 Å². The standard InChI is InChI=1S/C10H12FN3.ClH/c11-7-2-1-3-8(9(7)10(12)13)14-6-4-5-6;/h1-3,6,14H,4-5H2,(H3,12,13);1H. The van der Waals surface area contributed by atoms with Crippen molar-refractivity contribution in [3.63, 3.8) is 0 Å². The summed E-state index contributed by atoms with van der Waals surface area (Å²) >= 11 is 0. The Bertz CT molecular complexity index is 377. The van der Waals surface area contributed by atoms with E-state index < -0.39 is 5.82 Å². The molecule has 1 aromatic rings. The SMILES string of the molecule is Cl.N=C(N)c1c(F)cccc1NC1CC1. The largest absolute Gasteiger partial charge is 0.384 e. The number of amidine groups is 1. The fourth-order valence-corrected chi connectivity index (χ4v) is 1.37. The quantitative estimate of drug-likeness (QED) is 0.549. The van der Waals surface area contributed by atoms with Crippen LogP contribution < -0.4 is 11.1 Å². The molecule has 0 spiro atoms. The van der Waals surface area contributed by atoms with Crippen molar-refractivity contribution >= 4 is 23.9 Å². The van der Waals surface area contributed by atoms with E-state index in [2.05, 4.69) is 5.32 Å². The maximum atomic E-state index is 13.3. The highest BCUT2D eigenvalue weighted by Gasteiger charge is 2.23. The van der Waals surface area contributed by atoms with E-state index in [1.165, 1.54) is 6.07 Å². The molecule has 1 fully saturated rings. The minimum absolute atomic E-state index is 0. The fraction of sp³-hybridized carbons (Fsp3) is 0.300. The van der Waals surface area contributed by atoms with Crippen molar-refractivity contribution in [1.82, 2.24) is 0 Å². The van der Waals surface area contributed by atoms with Crippen LogP contribution in [0, 0.1) is 11.2 Å². The molecule has 5 heteroatoms. The van der Waals surface area contributed by atoms with Crippen LogP contribution >= 0.6 is 12.4 Å². The Hall–Kier alpha value is -1.29. The van der Waals surface area contributed by atoms with Gasteiger partial charge in [-0.25, -0.2) is 4.39 Å². The Kier molecular flexibility index (Phi) is 3.52. The van der Waals surface area contributed by atoms with Crippen LogP contribution in [0.1, 0.15) is 18.4 Å². The van der Waals surface area contributed by atoms with Crippen LogP contribution in [0.4, 0.5) is 10.1 Å². The average Bonchev–Trinajstić information content (AvgIpc) is 2.87. The van der Waals surface area contributed by atoms with Crippen LogP contribution in [0.15, 0.2) is 18.2 Å². The minimum Gasteiger partial charge on any atom is -0.384 e. The van der Waals surface area contributed by atoms with E-state index in [1.54, 1.807) is 12.1 Å². The summed E-state index contributed by atoms with van der Waals surface area (Å²) in [5.41, 5.74) is 6.12. The van der Waals surface area contributed by atoms with Crippen molar-refractivity contribution in [2.24, 2.45) is 5.73 Å². The van der Waals surface area contributed by atoms with Gasteiger partial charge in [0.25, 0.3) is 0 Å². The van der Waals surface area contributed by atoms with Gasteiger partial charge >= 0.3 is 0 Å². The molecule has 1 saturated carbocycles. The maximum absolute atomic E-state index is 13.3. The minimum atomic E-state index is -0.442. The van der Waals surface area contributed by atoms with E-state index in [0.29, 0.717) is 11.7 Å². The summed E-state index contributed by atoms with van der Waals surface area (Å²) < 4.78 is 13.3. The summed E-state index contributed by atoms with van der Waals surface area (Å²) in [6.45, 7) is 0. The third kappa shape index (κ3) is 2.59. The Morgan fingerprint density at radius 1 is 1.47 bits per heavy atom. The molecule has 15 heavy (non-hydrogen) atoms. The van der Waals surface area contributed by atoms with Gasteiger partial charge in [-0.3, -0.25) is 5.41 Å². The van der Waals surface area contributed by atoms with Gasteiger partial charge in [-0.1, -0.05) is 6.07 Å². The summed E-state index contributed by atoms with van der Waals surface area (Å²) in [6, 6.07) is 5.11. The number of hydrogen-bond acceptors (Lipinski definition) is 2. The molecular weight excluding hydrogens is 217 g/mol. The first kappa shape index (κ1) is 11.8. The molecule has 3 nitrogen and oxygen atoms in total. The lowest BCUT2D eigenvalue weighted by atomic mass is 10.1. The monoisotopic (exact) mass is 229 g/mol. The highest BCUT2D eigenvalue weighted by atomic mass is 35.5. The molecular formula is C10H13ClFN3. The molecule has 0 unspecified atom stereocenters. The lowest BCUT2D eigenvalue weighted by Gasteiger charge is -2.10. The first-order valence-electron chi connectivity index (χ1n) is 4.58. The summed E-state index contributed by atoms with van der Waals surface area (Å²) in [6.07, 6.45) is 2.21. The molecule has 2 rings (SSSR count). The maximum Gasteiger partial charge on any atom is 0.136 e. The molecule has 82 valence electrons. The number of nitrogens with two attached hydrogens (primary N) is 1. The van der Waals surface area contributed by atoms with Crippen LogP contribution in [-0.4, -0.2) is 11.9 Å². The third-order valence-corrected chi connectivity index (χ3v) is 2.22. The Morgan fingerprint density at radius 2 is 2.13 bits per heavy atom. The van der Waals surface area contributed by atoms with Crippen LogP contribution in [0.3, 0.4) is 0 Å². The Morgan fingerprint density at radius 3 is 2.67 bits per heavy atom. The van der Waals surface area contributed by atoms with Gasteiger partial charge in [-0.2, -0.15) is 0 Å². The summed E-state index contributed by atoms with van der Waals surface area (Å²) in [7, 11) is 0. The number of halogens is 2. The third-order valence-electron chi connectivity index (χ3n) is 2.22. The van der Waals surface area contributed by atoms with Crippen molar-refractivity contribution in [2.75, 3.05) is 5.32 Å². The molecule has 0 heterocycles. The highest BCUT2D eigenvalue weighted by molar-refractivity contribution is 6.00. The predicted octanol–water partition coefficient (Wildman–Crippen LogP) is 2.11. The zero-order valence-corrected chi connectivity index (χ0v) is 8.90. The second-order valence-electron chi connectivity index (χ2n) is 3.49. The average molecular weight is 230 g/mol. The second-order valence-corrected chi connectivity index (χ2v) is 3.49. The van der Waals surface area contributed by atoms with Crippen LogP contribution in [-0.2, 0) is 0 Å². The predicted molar refractivity (Wildman–Crippen MR) is 61.3 cm³/mol. The molecule has 0 radical (unpaired) electrons. The Labute approximate surface area is 93.8 Å². The van der Waals surface area contributed by atoms with Crippen molar-refractivity contribution in [3.8, 4) is 0 Å². The van der Waals surface area contributed by atoms with E-state index in [9.17, 15) is 4.39 Å². The van der Waals surface area contributed by atoms with Crippen molar-refractivity contribution in [1.29, 1.82) is 5.41 Å². The topological polar surface area (TPSA) is 61.9 Å². The first-order valence-corrected chi connectivity index (χ1v) is 4.58. The van der Waals surface area contributed by atoms with Gasteiger partial charge in [0.05, 0.1) is 5.56 Å². The number of anilines is 1. The van der Waals surface area contributed by atoms with Crippen molar-refractivity contribution < 1.29 is 4.39 Å². The molecule has 0 bridgehead atoms. The molecule has 1 aliphatic rings. The number of nitrogens with one attached hydrogen (secondary N) is 2. The fourth-order valence-electron chi connectivity index (χ4n) is 1.37. The first-order chi connectivity index (χ1) is 6.68. The summed E-state index contributed by atoms with van der Waals surface area (Å²) in [4.78, 5) is 0. The molecule has 1 aromatic carbocycles. The van der Waals surface area contributed by atoms with E-state index in [4.69, 9.17) is 11.1 Å². The Balaban J connectivity index is 0.00000112. The lowest BCUT2D eigenvalue weighted by Crippen LogP contribution is -2.17. The molecule has 0 aliphatic heterocycles. The van der Waals surface area contributed by atoms with Crippen LogP contribution in [0.2, 0.25) is 0 Å². The molecule has 4 N–H and O–H groups in total. The highest BCUT2D eigenvalue weighted by Crippen LogP contribution is 2.27. The zero-order chi connectivity index (χ0) is 10.1. The summed E-state index contributed by atoms with van der Waals surface area (Å²) in [5, 5.41) is 10.4.